The zero-order chi connectivity index (χ0) is 25.7. The van der Waals surface area contributed by atoms with Crippen molar-refractivity contribution < 1.29 is 19.1 Å². The van der Waals surface area contributed by atoms with Gasteiger partial charge < -0.3 is 14.8 Å². The van der Waals surface area contributed by atoms with Gasteiger partial charge in [0.2, 0.25) is 0 Å². The predicted molar refractivity (Wildman–Crippen MR) is 146 cm³/mol. The van der Waals surface area contributed by atoms with Gasteiger partial charge in [0.1, 0.15) is 0 Å². The Hall–Kier alpha value is -3.91. The van der Waals surface area contributed by atoms with E-state index in [1.54, 1.807) is 19.1 Å². The molecule has 36 heavy (non-hydrogen) atoms. The quantitative estimate of drug-likeness (QED) is 0.352. The Morgan fingerprint density at radius 2 is 1.78 bits per heavy atom. The smallest absolute Gasteiger partial charge is 0.280 e. The molecule has 1 aliphatic heterocycles. The van der Waals surface area contributed by atoms with Gasteiger partial charge in [0.15, 0.2) is 18.1 Å². The summed E-state index contributed by atoms with van der Waals surface area (Å²) in [6.45, 7) is 5.86. The Labute approximate surface area is 218 Å². The second kappa shape index (κ2) is 11.2. The van der Waals surface area contributed by atoms with Crippen molar-refractivity contribution in [3.05, 3.63) is 87.9 Å². The Morgan fingerprint density at radius 1 is 1.06 bits per heavy atom. The molecule has 1 aliphatic rings. The molecule has 0 atom stereocenters. The molecule has 0 radical (unpaired) electrons. The number of aryl methyl sites for hydroxylation is 1. The first-order valence-corrected chi connectivity index (χ1v) is 12.3. The van der Waals surface area contributed by atoms with Gasteiger partial charge in [0.25, 0.3) is 11.8 Å². The second-order valence-corrected chi connectivity index (χ2v) is 9.02. The maximum Gasteiger partial charge on any atom is 0.280 e. The van der Waals surface area contributed by atoms with E-state index < -0.39 is 0 Å². The molecule has 3 aromatic rings. The minimum absolute atomic E-state index is 0.191. The van der Waals surface area contributed by atoms with Crippen molar-refractivity contribution in [1.29, 1.82) is 0 Å². The average molecular weight is 548 g/mol. The molecule has 0 bridgehead atoms. The van der Waals surface area contributed by atoms with Crippen LogP contribution in [0.1, 0.15) is 25.0 Å². The number of benzene rings is 3. The Morgan fingerprint density at radius 3 is 2.47 bits per heavy atom. The number of carbonyl (C=O) groups is 2. The fourth-order valence-electron chi connectivity index (χ4n) is 3.64. The summed E-state index contributed by atoms with van der Waals surface area (Å²) in [4.78, 5) is 25.5. The van der Waals surface area contributed by atoms with E-state index >= 15 is 0 Å². The first-order valence-electron chi connectivity index (χ1n) is 11.5. The Bertz CT molecular complexity index is 1330. The van der Waals surface area contributed by atoms with E-state index in [0.29, 0.717) is 45.2 Å². The van der Waals surface area contributed by atoms with Crippen LogP contribution in [-0.2, 0) is 9.59 Å². The van der Waals surface area contributed by atoms with Crippen LogP contribution in [0.15, 0.2) is 81.9 Å². The van der Waals surface area contributed by atoms with Crippen LogP contribution in [0.4, 0.5) is 11.4 Å². The van der Waals surface area contributed by atoms with E-state index in [1.165, 1.54) is 5.01 Å². The van der Waals surface area contributed by atoms with E-state index in [0.717, 1.165) is 11.1 Å². The lowest BCUT2D eigenvalue weighted by Crippen LogP contribution is -2.21. The highest BCUT2D eigenvalue weighted by Crippen LogP contribution is 2.38. The molecule has 0 aliphatic carbocycles. The summed E-state index contributed by atoms with van der Waals surface area (Å²) in [6, 6.07) is 20.4. The summed E-state index contributed by atoms with van der Waals surface area (Å²) in [5.41, 5.74) is 4.34. The third kappa shape index (κ3) is 5.83. The number of amides is 2. The number of hydrogen-bond donors (Lipinski definition) is 1. The van der Waals surface area contributed by atoms with Crippen molar-refractivity contribution in [3.63, 3.8) is 0 Å². The van der Waals surface area contributed by atoms with Crippen LogP contribution >= 0.6 is 15.9 Å². The number of anilines is 2. The van der Waals surface area contributed by atoms with Gasteiger partial charge in [-0.05, 0) is 84.7 Å². The summed E-state index contributed by atoms with van der Waals surface area (Å²) in [5.74, 6) is 0.374. The van der Waals surface area contributed by atoms with Crippen molar-refractivity contribution >= 4 is 50.9 Å². The maximum atomic E-state index is 13.1. The van der Waals surface area contributed by atoms with E-state index in [2.05, 4.69) is 26.3 Å². The van der Waals surface area contributed by atoms with Gasteiger partial charge in [0.05, 0.1) is 28.1 Å². The van der Waals surface area contributed by atoms with Crippen LogP contribution in [0.3, 0.4) is 0 Å². The highest BCUT2D eigenvalue weighted by molar-refractivity contribution is 9.10. The molecule has 0 fully saturated rings. The van der Waals surface area contributed by atoms with Gasteiger partial charge in [-0.15, -0.1) is 0 Å². The molecule has 0 unspecified atom stereocenters. The molecule has 0 saturated heterocycles. The minimum Gasteiger partial charge on any atom is -0.490 e. The Balaban J connectivity index is 1.52. The van der Waals surface area contributed by atoms with Gasteiger partial charge in [-0.1, -0.05) is 35.9 Å². The molecular weight excluding hydrogens is 522 g/mol. The first kappa shape index (κ1) is 25.2. The molecule has 184 valence electrons. The Kier molecular flexibility index (Phi) is 7.85. The van der Waals surface area contributed by atoms with Crippen LogP contribution in [-0.4, -0.2) is 30.7 Å². The van der Waals surface area contributed by atoms with Crippen molar-refractivity contribution in [3.8, 4) is 11.5 Å². The number of para-hydroxylation sites is 1. The second-order valence-electron chi connectivity index (χ2n) is 8.16. The van der Waals surface area contributed by atoms with Gasteiger partial charge >= 0.3 is 0 Å². The topological polar surface area (TPSA) is 80.2 Å². The van der Waals surface area contributed by atoms with E-state index in [1.807, 2.05) is 74.5 Å². The van der Waals surface area contributed by atoms with Crippen molar-refractivity contribution in [2.24, 2.45) is 5.10 Å². The molecule has 0 aromatic heterocycles. The van der Waals surface area contributed by atoms with Crippen LogP contribution < -0.4 is 19.8 Å². The highest BCUT2D eigenvalue weighted by atomic mass is 79.9. The van der Waals surface area contributed by atoms with Crippen LogP contribution in [0, 0.1) is 6.92 Å². The number of halogens is 1. The lowest BCUT2D eigenvalue weighted by molar-refractivity contribution is -0.118. The maximum absolute atomic E-state index is 13.1. The molecule has 0 spiro atoms. The fraction of sp³-hybridized carbons (Fsp3) is 0.179. The average Bonchev–Trinajstić information content (AvgIpc) is 3.14. The minimum atomic E-state index is -0.288. The highest BCUT2D eigenvalue weighted by Gasteiger charge is 2.28. The monoisotopic (exact) mass is 547 g/mol. The summed E-state index contributed by atoms with van der Waals surface area (Å²) < 4.78 is 12.2. The van der Waals surface area contributed by atoms with Crippen molar-refractivity contribution in [2.75, 3.05) is 23.5 Å². The third-order valence-electron chi connectivity index (χ3n) is 5.39. The lowest BCUT2D eigenvalue weighted by atomic mass is 10.1. The largest absolute Gasteiger partial charge is 0.490 e. The predicted octanol–water partition coefficient (Wildman–Crippen LogP) is 5.98. The number of hydrogen-bond acceptors (Lipinski definition) is 5. The van der Waals surface area contributed by atoms with E-state index in [4.69, 9.17) is 9.47 Å². The zero-order valence-electron chi connectivity index (χ0n) is 20.2. The van der Waals surface area contributed by atoms with Gasteiger partial charge in [-0.2, -0.15) is 10.1 Å². The van der Waals surface area contributed by atoms with Gasteiger partial charge in [0, 0.05) is 5.69 Å². The van der Waals surface area contributed by atoms with Crippen LogP contribution in [0.2, 0.25) is 0 Å². The molecule has 2 amide bonds. The molecule has 4 rings (SSSR count). The van der Waals surface area contributed by atoms with Crippen molar-refractivity contribution in [2.45, 2.75) is 20.8 Å². The number of nitrogens with one attached hydrogen (secondary N) is 1. The van der Waals surface area contributed by atoms with Crippen molar-refractivity contribution in [1.82, 2.24) is 0 Å². The SMILES string of the molecule is CCOc1cc(/C=C2\C(=O)N(c3ccccc3)N=C2C)cc(Br)c1OCC(=O)Nc1ccc(C)cc1. The normalized spacial score (nSPS) is 14.1. The number of rotatable bonds is 8. The molecule has 1 N–H and O–H groups in total. The van der Waals surface area contributed by atoms with Gasteiger partial charge in [-0.3, -0.25) is 9.59 Å². The number of nitrogens with zero attached hydrogens (tertiary/aromatic N) is 2. The first-order chi connectivity index (χ1) is 17.4. The third-order valence-corrected chi connectivity index (χ3v) is 5.98. The molecule has 7 nitrogen and oxygen atoms in total. The molecule has 3 aromatic carbocycles. The van der Waals surface area contributed by atoms with E-state index in [9.17, 15) is 9.59 Å². The summed E-state index contributed by atoms with van der Waals surface area (Å²) in [6.07, 6.45) is 1.77. The number of ether oxygens (including phenoxy) is 2. The zero-order valence-corrected chi connectivity index (χ0v) is 21.8. The molecule has 0 saturated carbocycles. The number of carbonyl (C=O) groups excluding carboxylic acids is 2. The fourth-order valence-corrected chi connectivity index (χ4v) is 4.22. The molecular formula is C28H26BrN3O4. The standard InChI is InChI=1S/C28H26BrN3O4/c1-4-35-25-16-20(14-23-19(3)31-32(28(23)34)22-8-6-5-7-9-22)15-24(29)27(25)36-17-26(33)30-21-12-10-18(2)11-13-21/h5-16H,4,17H2,1-3H3,(H,30,33)/b23-14-. The molecule has 8 heteroatoms. The number of hydrazone groups is 1. The molecule has 1 heterocycles. The summed E-state index contributed by atoms with van der Waals surface area (Å²) in [5, 5.41) is 8.63. The summed E-state index contributed by atoms with van der Waals surface area (Å²) in [7, 11) is 0. The van der Waals surface area contributed by atoms with Crippen LogP contribution in [0.25, 0.3) is 6.08 Å². The van der Waals surface area contributed by atoms with E-state index in [-0.39, 0.29) is 18.4 Å². The lowest BCUT2D eigenvalue weighted by Gasteiger charge is -2.15. The van der Waals surface area contributed by atoms with Crippen LogP contribution in [0.5, 0.6) is 11.5 Å². The summed E-state index contributed by atoms with van der Waals surface area (Å²) >= 11 is 3.53. The van der Waals surface area contributed by atoms with Gasteiger partial charge in [-0.25, -0.2) is 0 Å².